The van der Waals surface area contributed by atoms with E-state index in [9.17, 15) is 10.2 Å². The molecule has 0 aliphatic carbocycles. The first-order valence-corrected chi connectivity index (χ1v) is 4.30. The molecule has 1 saturated heterocycles. The standard InChI is InChI=1S/C6H12O4S/c1-10-6-5(9)4(8)3(2-7)11-6/h3-9H,2H2,1H3. The Bertz CT molecular complexity index is 114. The topological polar surface area (TPSA) is 69.9 Å². The number of aliphatic hydroxyl groups excluding tert-OH is 3. The molecule has 4 nitrogen and oxygen atoms in total. The van der Waals surface area contributed by atoms with Gasteiger partial charge in [0.15, 0.2) is 0 Å². The molecule has 0 spiro atoms. The molecular formula is C6H12O4S. The minimum atomic E-state index is -0.887. The van der Waals surface area contributed by atoms with Gasteiger partial charge in [-0.05, 0) is 0 Å². The predicted molar refractivity (Wildman–Crippen MR) is 41.3 cm³/mol. The summed E-state index contributed by atoms with van der Waals surface area (Å²) in [6.45, 7) is -0.136. The first kappa shape index (κ1) is 9.28. The van der Waals surface area contributed by atoms with Crippen LogP contribution >= 0.6 is 11.8 Å². The van der Waals surface area contributed by atoms with Gasteiger partial charge in [0.1, 0.15) is 11.5 Å². The van der Waals surface area contributed by atoms with Gasteiger partial charge in [-0.2, -0.15) is 0 Å². The van der Waals surface area contributed by atoms with Gasteiger partial charge < -0.3 is 20.1 Å². The van der Waals surface area contributed by atoms with Gasteiger partial charge in [0, 0.05) is 7.11 Å². The number of rotatable bonds is 2. The maximum absolute atomic E-state index is 9.25. The Labute approximate surface area is 69.2 Å². The van der Waals surface area contributed by atoms with Crippen molar-refractivity contribution < 1.29 is 20.1 Å². The van der Waals surface area contributed by atoms with E-state index in [1.54, 1.807) is 0 Å². The van der Waals surface area contributed by atoms with Gasteiger partial charge in [0.2, 0.25) is 0 Å². The molecule has 0 aromatic rings. The van der Waals surface area contributed by atoms with Gasteiger partial charge in [-0.3, -0.25) is 0 Å². The van der Waals surface area contributed by atoms with Crippen LogP contribution in [0.25, 0.3) is 0 Å². The smallest absolute Gasteiger partial charge is 0.131 e. The maximum atomic E-state index is 9.25. The Balaban J connectivity index is 2.53. The fraction of sp³-hybridized carbons (Fsp3) is 1.00. The molecule has 5 heteroatoms. The number of hydrogen-bond donors (Lipinski definition) is 3. The van der Waals surface area contributed by atoms with Crippen molar-refractivity contribution in [2.24, 2.45) is 0 Å². The van der Waals surface area contributed by atoms with E-state index in [1.807, 2.05) is 0 Å². The minimum Gasteiger partial charge on any atom is -0.395 e. The molecular weight excluding hydrogens is 168 g/mol. The largest absolute Gasteiger partial charge is 0.395 e. The molecule has 0 aromatic heterocycles. The lowest BCUT2D eigenvalue weighted by Gasteiger charge is -2.13. The van der Waals surface area contributed by atoms with Crippen LogP contribution in [0.5, 0.6) is 0 Å². The Kier molecular flexibility index (Phi) is 3.15. The fourth-order valence-electron chi connectivity index (χ4n) is 1.06. The lowest BCUT2D eigenvalue weighted by atomic mass is 10.1. The van der Waals surface area contributed by atoms with Crippen LogP contribution in [-0.2, 0) is 4.74 Å². The summed E-state index contributed by atoms with van der Waals surface area (Å²) in [7, 11) is 1.47. The van der Waals surface area contributed by atoms with E-state index < -0.39 is 17.6 Å². The van der Waals surface area contributed by atoms with Crippen molar-refractivity contribution in [1.29, 1.82) is 0 Å². The summed E-state index contributed by atoms with van der Waals surface area (Å²) < 4.78 is 4.87. The van der Waals surface area contributed by atoms with Crippen LogP contribution in [0.4, 0.5) is 0 Å². The summed E-state index contributed by atoms with van der Waals surface area (Å²) in [5, 5.41) is 26.9. The SMILES string of the molecule is COC1SC(CO)C(O)C1O. The fourth-order valence-corrected chi connectivity index (χ4v) is 2.25. The molecule has 1 aliphatic rings. The van der Waals surface area contributed by atoms with Gasteiger partial charge in [0.05, 0.1) is 18.0 Å². The van der Waals surface area contributed by atoms with Crippen LogP contribution in [0.1, 0.15) is 0 Å². The van der Waals surface area contributed by atoms with E-state index in [2.05, 4.69) is 0 Å². The number of ether oxygens (including phenoxy) is 1. The summed E-state index contributed by atoms with van der Waals surface area (Å²) >= 11 is 1.25. The van der Waals surface area contributed by atoms with Gasteiger partial charge >= 0.3 is 0 Å². The van der Waals surface area contributed by atoms with Crippen LogP contribution in [0.2, 0.25) is 0 Å². The molecule has 1 heterocycles. The van der Waals surface area contributed by atoms with Crippen LogP contribution in [-0.4, -0.2) is 51.9 Å². The molecule has 11 heavy (non-hydrogen) atoms. The number of methoxy groups -OCH3 is 1. The van der Waals surface area contributed by atoms with Crippen LogP contribution in [0, 0.1) is 0 Å². The summed E-state index contributed by atoms with van der Waals surface area (Å²) in [5.74, 6) is 0. The third-order valence-corrected chi connectivity index (χ3v) is 3.25. The van der Waals surface area contributed by atoms with E-state index >= 15 is 0 Å². The van der Waals surface area contributed by atoms with Crippen molar-refractivity contribution in [1.82, 2.24) is 0 Å². The molecule has 0 radical (unpaired) electrons. The molecule has 1 rings (SSSR count). The Morgan fingerprint density at radius 3 is 2.27 bits per heavy atom. The minimum absolute atomic E-state index is 0.136. The van der Waals surface area contributed by atoms with Crippen LogP contribution in [0.15, 0.2) is 0 Å². The van der Waals surface area contributed by atoms with E-state index in [1.165, 1.54) is 18.9 Å². The summed E-state index contributed by atoms with van der Waals surface area (Å²) in [6, 6.07) is 0. The van der Waals surface area contributed by atoms with Crippen LogP contribution in [0.3, 0.4) is 0 Å². The first-order valence-electron chi connectivity index (χ1n) is 3.36. The predicted octanol–water partition coefficient (Wildman–Crippen LogP) is -1.21. The molecule has 0 amide bonds. The number of aliphatic hydroxyl groups is 3. The Hall–Kier alpha value is 0.190. The average Bonchev–Trinajstić information content (AvgIpc) is 2.30. The average molecular weight is 180 g/mol. The molecule has 4 unspecified atom stereocenters. The van der Waals surface area contributed by atoms with E-state index in [0.717, 1.165) is 0 Å². The third kappa shape index (κ3) is 1.68. The van der Waals surface area contributed by atoms with Crippen LogP contribution < -0.4 is 0 Å². The molecule has 0 aromatic carbocycles. The monoisotopic (exact) mass is 180 g/mol. The summed E-state index contributed by atoms with van der Waals surface area (Å²) in [5.41, 5.74) is -0.415. The molecule has 0 saturated carbocycles. The van der Waals surface area contributed by atoms with Crippen molar-refractivity contribution in [2.45, 2.75) is 22.9 Å². The molecule has 1 fully saturated rings. The van der Waals surface area contributed by atoms with E-state index in [4.69, 9.17) is 9.84 Å². The van der Waals surface area contributed by atoms with Crippen molar-refractivity contribution in [3.8, 4) is 0 Å². The Morgan fingerprint density at radius 1 is 1.36 bits per heavy atom. The molecule has 3 N–H and O–H groups in total. The highest BCUT2D eigenvalue weighted by atomic mass is 32.2. The highest BCUT2D eigenvalue weighted by Crippen LogP contribution is 2.34. The van der Waals surface area contributed by atoms with Gasteiger partial charge in [-0.1, -0.05) is 0 Å². The normalized spacial score (nSPS) is 44.7. The quantitative estimate of drug-likeness (QED) is 0.497. The molecule has 1 aliphatic heterocycles. The summed E-state index contributed by atoms with van der Waals surface area (Å²) in [6.07, 6.45) is -1.77. The zero-order valence-corrected chi connectivity index (χ0v) is 6.99. The van der Waals surface area contributed by atoms with Crippen molar-refractivity contribution >= 4 is 11.8 Å². The number of thioether (sulfide) groups is 1. The molecule has 66 valence electrons. The highest BCUT2D eigenvalue weighted by Gasteiger charge is 2.41. The zero-order chi connectivity index (χ0) is 8.43. The van der Waals surface area contributed by atoms with Gasteiger partial charge in [-0.15, -0.1) is 11.8 Å². The van der Waals surface area contributed by atoms with Crippen molar-refractivity contribution in [3.63, 3.8) is 0 Å². The second kappa shape index (κ2) is 3.73. The highest BCUT2D eigenvalue weighted by molar-refractivity contribution is 8.00. The lowest BCUT2D eigenvalue weighted by Crippen LogP contribution is -2.34. The van der Waals surface area contributed by atoms with E-state index in [0.29, 0.717) is 0 Å². The van der Waals surface area contributed by atoms with Crippen molar-refractivity contribution in [2.75, 3.05) is 13.7 Å². The zero-order valence-electron chi connectivity index (χ0n) is 6.17. The van der Waals surface area contributed by atoms with Gasteiger partial charge in [0.25, 0.3) is 0 Å². The maximum Gasteiger partial charge on any atom is 0.131 e. The summed E-state index contributed by atoms with van der Waals surface area (Å²) in [4.78, 5) is 0. The second-order valence-electron chi connectivity index (χ2n) is 2.44. The number of hydrogen-bond acceptors (Lipinski definition) is 5. The van der Waals surface area contributed by atoms with Gasteiger partial charge in [-0.25, -0.2) is 0 Å². The first-order chi connectivity index (χ1) is 5.20. The lowest BCUT2D eigenvalue weighted by molar-refractivity contribution is -0.0308. The van der Waals surface area contributed by atoms with E-state index in [-0.39, 0.29) is 11.9 Å². The second-order valence-corrected chi connectivity index (χ2v) is 3.78. The molecule has 0 bridgehead atoms. The molecule has 4 atom stereocenters. The third-order valence-electron chi connectivity index (χ3n) is 1.73. The van der Waals surface area contributed by atoms with Crippen molar-refractivity contribution in [3.05, 3.63) is 0 Å². The Morgan fingerprint density at radius 2 is 2.00 bits per heavy atom.